The van der Waals surface area contributed by atoms with E-state index in [2.05, 4.69) is 4.13 Å². The zero-order chi connectivity index (χ0) is 7.61. The molecule has 0 aromatic carbocycles. The molecule has 10 heavy (non-hydrogen) atoms. The zero-order valence-electron chi connectivity index (χ0n) is 5.53. The van der Waals surface area contributed by atoms with Crippen LogP contribution in [0.15, 0.2) is 0 Å². The maximum atomic E-state index is 11.0. The molecule has 6 heteroatoms. The van der Waals surface area contributed by atoms with Gasteiger partial charge in [0.15, 0.2) is 0 Å². The maximum Gasteiger partial charge on any atom is 0.224 e. The van der Waals surface area contributed by atoms with E-state index in [1.165, 1.54) is 10.8 Å². The van der Waals surface area contributed by atoms with Crippen molar-refractivity contribution in [3.63, 3.8) is 0 Å². The number of nitrogens with one attached hydrogen (secondary N) is 1. The summed E-state index contributed by atoms with van der Waals surface area (Å²) in [5.41, 5.74) is 0. The third-order valence-corrected chi connectivity index (χ3v) is 5.03. The molecule has 60 valence electrons. The first-order chi connectivity index (χ1) is 4.67. The van der Waals surface area contributed by atoms with Crippen LogP contribution in [-0.4, -0.2) is 19.9 Å². The normalized spacial score (nSPS) is 19.3. The smallest absolute Gasteiger partial charge is 0.211 e. The predicted octanol–water partition coefficient (Wildman–Crippen LogP) is 0.994. The third-order valence-electron chi connectivity index (χ3n) is 1.20. The van der Waals surface area contributed by atoms with Crippen LogP contribution in [0.25, 0.3) is 0 Å². The van der Waals surface area contributed by atoms with E-state index in [0.717, 1.165) is 23.8 Å². The standard InChI is InChI=1S/C4H9NO2S3/c1-8-9-5-10(6,7)4-2-3-4/h4-5H,2-3H2,1H3. The van der Waals surface area contributed by atoms with Crippen LogP contribution in [0, 0.1) is 0 Å². The van der Waals surface area contributed by atoms with E-state index in [9.17, 15) is 8.42 Å². The highest BCUT2D eigenvalue weighted by Gasteiger charge is 2.35. The van der Waals surface area contributed by atoms with Crippen LogP contribution < -0.4 is 4.13 Å². The summed E-state index contributed by atoms with van der Waals surface area (Å²) in [6.45, 7) is 0. The molecule has 1 rings (SSSR count). The monoisotopic (exact) mass is 199 g/mol. The Morgan fingerprint density at radius 1 is 1.50 bits per heavy atom. The van der Waals surface area contributed by atoms with E-state index in [0.29, 0.717) is 0 Å². The summed E-state index contributed by atoms with van der Waals surface area (Å²) in [6.07, 6.45) is 3.48. The highest BCUT2D eigenvalue weighted by molar-refractivity contribution is 8.76. The predicted molar refractivity (Wildman–Crippen MR) is 46.2 cm³/mol. The fourth-order valence-corrected chi connectivity index (χ4v) is 3.95. The first-order valence-electron chi connectivity index (χ1n) is 2.87. The maximum absolute atomic E-state index is 11.0. The van der Waals surface area contributed by atoms with Gasteiger partial charge >= 0.3 is 0 Å². The molecule has 0 aromatic heterocycles. The van der Waals surface area contributed by atoms with E-state index in [-0.39, 0.29) is 5.25 Å². The first kappa shape index (κ1) is 8.70. The number of rotatable bonds is 4. The van der Waals surface area contributed by atoms with E-state index in [4.69, 9.17) is 0 Å². The minimum absolute atomic E-state index is 0.104. The fraction of sp³-hybridized carbons (Fsp3) is 1.00. The number of sulfonamides is 1. The second-order valence-corrected chi connectivity index (χ2v) is 6.50. The van der Waals surface area contributed by atoms with Crippen molar-refractivity contribution in [3.8, 4) is 0 Å². The topological polar surface area (TPSA) is 46.2 Å². The average Bonchev–Trinajstić information content (AvgIpc) is 2.64. The Morgan fingerprint density at radius 3 is 2.50 bits per heavy atom. The van der Waals surface area contributed by atoms with Gasteiger partial charge in [-0.2, -0.15) is 0 Å². The van der Waals surface area contributed by atoms with Crippen LogP contribution in [0.1, 0.15) is 12.8 Å². The highest BCUT2D eigenvalue weighted by atomic mass is 33.1. The average molecular weight is 199 g/mol. The van der Waals surface area contributed by atoms with Gasteiger partial charge < -0.3 is 0 Å². The van der Waals surface area contributed by atoms with Crippen LogP contribution in [-0.2, 0) is 10.0 Å². The molecule has 0 atom stereocenters. The summed E-state index contributed by atoms with van der Waals surface area (Å²) in [5.74, 6) is 0. The number of hydrogen-bond donors (Lipinski definition) is 1. The molecule has 0 aliphatic heterocycles. The molecule has 1 saturated carbocycles. The molecule has 0 bridgehead atoms. The quantitative estimate of drug-likeness (QED) is 0.542. The lowest BCUT2D eigenvalue weighted by atomic mass is 11.0. The van der Waals surface area contributed by atoms with Gasteiger partial charge in [0, 0.05) is 11.0 Å². The Kier molecular flexibility index (Phi) is 2.91. The van der Waals surface area contributed by atoms with Gasteiger partial charge in [-0.05, 0) is 19.1 Å². The second-order valence-electron chi connectivity index (χ2n) is 2.08. The molecule has 0 radical (unpaired) electrons. The van der Waals surface area contributed by atoms with Gasteiger partial charge in [-0.3, -0.25) is 0 Å². The van der Waals surface area contributed by atoms with E-state index >= 15 is 0 Å². The summed E-state index contributed by atoms with van der Waals surface area (Å²) in [5, 5.41) is -0.104. The molecule has 1 aliphatic carbocycles. The second kappa shape index (κ2) is 3.34. The van der Waals surface area contributed by atoms with Crippen LogP contribution in [0.4, 0.5) is 0 Å². The molecule has 1 fully saturated rings. The van der Waals surface area contributed by atoms with Crippen molar-refractivity contribution in [1.82, 2.24) is 4.13 Å². The minimum Gasteiger partial charge on any atom is -0.211 e. The SMILES string of the molecule is CSSNS(=O)(=O)C1CC1. The van der Waals surface area contributed by atoms with E-state index in [1.54, 1.807) is 0 Å². The van der Waals surface area contributed by atoms with Crippen molar-refractivity contribution in [1.29, 1.82) is 0 Å². The van der Waals surface area contributed by atoms with Gasteiger partial charge in [-0.1, -0.05) is 10.8 Å². The van der Waals surface area contributed by atoms with Crippen molar-refractivity contribution in [3.05, 3.63) is 0 Å². The molecule has 1 aliphatic rings. The van der Waals surface area contributed by atoms with E-state index in [1.807, 2.05) is 6.26 Å². The lowest BCUT2D eigenvalue weighted by molar-refractivity contribution is 0.593. The lowest BCUT2D eigenvalue weighted by Gasteiger charge is -1.99. The molecule has 3 nitrogen and oxygen atoms in total. The largest absolute Gasteiger partial charge is 0.224 e. The van der Waals surface area contributed by atoms with Gasteiger partial charge in [0.2, 0.25) is 10.0 Å². The molecular formula is C4H9NO2S3. The Labute approximate surface area is 68.9 Å². The summed E-state index contributed by atoms with van der Waals surface area (Å²) >= 11 is 0. The Balaban J connectivity index is 2.36. The molecule has 1 N–H and O–H groups in total. The molecule has 0 aromatic rings. The fourth-order valence-electron chi connectivity index (χ4n) is 0.528. The third kappa shape index (κ3) is 2.34. The molecule has 0 amide bonds. The highest BCUT2D eigenvalue weighted by Crippen LogP contribution is 2.29. The number of hydrogen-bond acceptors (Lipinski definition) is 4. The molecular weight excluding hydrogens is 190 g/mol. The van der Waals surface area contributed by atoms with Crippen molar-refractivity contribution in [2.45, 2.75) is 18.1 Å². The molecule has 0 heterocycles. The molecule has 0 spiro atoms. The lowest BCUT2D eigenvalue weighted by Crippen LogP contribution is -2.19. The van der Waals surface area contributed by atoms with Gasteiger partial charge in [0.1, 0.15) is 0 Å². The van der Waals surface area contributed by atoms with Gasteiger partial charge in [-0.15, -0.1) is 4.13 Å². The minimum atomic E-state index is -2.96. The zero-order valence-corrected chi connectivity index (χ0v) is 7.98. The summed E-state index contributed by atoms with van der Waals surface area (Å²) < 4.78 is 24.4. The van der Waals surface area contributed by atoms with Gasteiger partial charge in [0.05, 0.1) is 5.25 Å². The van der Waals surface area contributed by atoms with Crippen molar-refractivity contribution in [2.75, 3.05) is 6.26 Å². The van der Waals surface area contributed by atoms with Crippen molar-refractivity contribution >= 4 is 31.8 Å². The first-order valence-corrected chi connectivity index (χ1v) is 6.97. The summed E-state index contributed by atoms with van der Waals surface area (Å²) in [7, 11) is -0.395. The van der Waals surface area contributed by atoms with E-state index < -0.39 is 10.0 Å². The van der Waals surface area contributed by atoms with Crippen LogP contribution >= 0.6 is 21.8 Å². The van der Waals surface area contributed by atoms with Crippen LogP contribution in [0.3, 0.4) is 0 Å². The van der Waals surface area contributed by atoms with Crippen molar-refractivity contribution in [2.24, 2.45) is 0 Å². The summed E-state index contributed by atoms with van der Waals surface area (Å²) in [4.78, 5) is 0. The Bertz CT molecular complexity index is 197. The molecule has 0 unspecified atom stereocenters. The van der Waals surface area contributed by atoms with Gasteiger partial charge in [-0.25, -0.2) is 8.42 Å². The molecule has 0 saturated heterocycles. The van der Waals surface area contributed by atoms with Gasteiger partial charge in [0.25, 0.3) is 0 Å². The van der Waals surface area contributed by atoms with Crippen LogP contribution in [0.2, 0.25) is 0 Å². The summed E-state index contributed by atoms with van der Waals surface area (Å²) in [6, 6.07) is 0. The Hall–Kier alpha value is 0.610. The van der Waals surface area contributed by atoms with Crippen molar-refractivity contribution < 1.29 is 8.42 Å². The Morgan fingerprint density at radius 2 is 2.10 bits per heavy atom. The van der Waals surface area contributed by atoms with Crippen LogP contribution in [0.5, 0.6) is 0 Å².